The monoisotopic (exact) mass is 329 g/mol. The number of carbonyl (C=O) groups is 2. The Labute approximate surface area is 134 Å². The summed E-state index contributed by atoms with van der Waals surface area (Å²) in [5.74, 6) is -0.766. The lowest BCUT2D eigenvalue weighted by Crippen LogP contribution is -2.40. The maximum atomic E-state index is 12.2. The summed E-state index contributed by atoms with van der Waals surface area (Å²) in [6, 6.07) is 5.03. The molecule has 4 nitrogen and oxygen atoms in total. The Balaban J connectivity index is 2.88. The van der Waals surface area contributed by atoms with Gasteiger partial charge in [0.2, 0.25) is 5.91 Å². The fraction of sp³-hybridized carbons (Fsp3) is 0.333. The first-order chi connectivity index (χ1) is 9.86. The first kappa shape index (κ1) is 17.5. The van der Waals surface area contributed by atoms with Crippen molar-refractivity contribution in [1.29, 1.82) is 0 Å². The van der Waals surface area contributed by atoms with Crippen LogP contribution >= 0.6 is 23.2 Å². The van der Waals surface area contributed by atoms with Crippen LogP contribution in [0.4, 0.5) is 0 Å². The molecule has 0 saturated carbocycles. The van der Waals surface area contributed by atoms with Crippen molar-refractivity contribution in [2.75, 3.05) is 13.7 Å². The van der Waals surface area contributed by atoms with Crippen molar-refractivity contribution in [3.8, 4) is 0 Å². The van der Waals surface area contributed by atoms with Crippen molar-refractivity contribution < 1.29 is 14.3 Å². The maximum Gasteiger partial charge on any atom is 0.325 e. The normalized spacial score (nSPS) is 11.0. The molecule has 0 aliphatic carbocycles. The second-order valence-corrected chi connectivity index (χ2v) is 5.40. The van der Waals surface area contributed by atoms with E-state index in [-0.39, 0.29) is 18.5 Å². The quantitative estimate of drug-likeness (QED) is 0.614. The molecule has 0 atom stereocenters. The van der Waals surface area contributed by atoms with E-state index in [0.717, 1.165) is 0 Å². The lowest BCUT2D eigenvalue weighted by Gasteiger charge is -2.24. The highest BCUT2D eigenvalue weighted by molar-refractivity contribution is 6.42. The van der Waals surface area contributed by atoms with Crippen LogP contribution in [0.25, 0.3) is 6.08 Å². The van der Waals surface area contributed by atoms with E-state index in [1.54, 1.807) is 24.3 Å². The first-order valence-corrected chi connectivity index (χ1v) is 7.12. The number of ether oxygens (including phenoxy) is 1. The molecule has 6 heteroatoms. The molecule has 0 N–H and O–H groups in total. The second-order valence-electron chi connectivity index (χ2n) is 4.61. The molecule has 0 bridgehead atoms. The van der Waals surface area contributed by atoms with Crippen molar-refractivity contribution in [3.05, 3.63) is 39.9 Å². The molecule has 0 fully saturated rings. The molecular weight excluding hydrogens is 313 g/mol. The minimum Gasteiger partial charge on any atom is -0.468 e. The number of nitrogens with zero attached hydrogens (tertiary/aromatic N) is 1. The van der Waals surface area contributed by atoms with Gasteiger partial charge in [0.1, 0.15) is 6.54 Å². The van der Waals surface area contributed by atoms with E-state index in [4.69, 9.17) is 23.2 Å². The molecule has 0 radical (unpaired) electrons. The van der Waals surface area contributed by atoms with Gasteiger partial charge < -0.3 is 9.64 Å². The Morgan fingerprint density at radius 3 is 2.57 bits per heavy atom. The van der Waals surface area contributed by atoms with E-state index in [0.29, 0.717) is 15.6 Å². The molecule has 114 valence electrons. The molecule has 21 heavy (non-hydrogen) atoms. The zero-order chi connectivity index (χ0) is 16.0. The van der Waals surface area contributed by atoms with Crippen LogP contribution in [0.3, 0.4) is 0 Å². The number of hydrogen-bond acceptors (Lipinski definition) is 3. The van der Waals surface area contributed by atoms with Crippen molar-refractivity contribution in [1.82, 2.24) is 4.90 Å². The Kier molecular flexibility index (Phi) is 6.72. The van der Waals surface area contributed by atoms with Crippen molar-refractivity contribution in [2.45, 2.75) is 19.9 Å². The van der Waals surface area contributed by atoms with Crippen molar-refractivity contribution in [3.63, 3.8) is 0 Å². The fourth-order valence-corrected chi connectivity index (χ4v) is 2.00. The van der Waals surface area contributed by atoms with Gasteiger partial charge in [-0.2, -0.15) is 0 Å². The molecule has 1 aromatic rings. The van der Waals surface area contributed by atoms with Gasteiger partial charge in [-0.25, -0.2) is 0 Å². The van der Waals surface area contributed by atoms with Gasteiger partial charge >= 0.3 is 5.97 Å². The number of benzene rings is 1. The molecule has 0 aliphatic heterocycles. The highest BCUT2D eigenvalue weighted by Crippen LogP contribution is 2.26. The summed E-state index contributed by atoms with van der Waals surface area (Å²) in [5, 5.41) is 0.800. The molecule has 0 aromatic heterocycles. The Bertz CT molecular complexity index is 556. The number of methoxy groups -OCH3 is 1. The average molecular weight is 330 g/mol. The average Bonchev–Trinajstić information content (AvgIpc) is 2.45. The zero-order valence-corrected chi connectivity index (χ0v) is 13.6. The van der Waals surface area contributed by atoms with Crippen molar-refractivity contribution >= 4 is 41.2 Å². The van der Waals surface area contributed by atoms with Crippen LogP contribution in [-0.4, -0.2) is 36.5 Å². The Morgan fingerprint density at radius 2 is 2.00 bits per heavy atom. The maximum absolute atomic E-state index is 12.2. The Morgan fingerprint density at radius 1 is 1.33 bits per heavy atom. The molecule has 1 aromatic carbocycles. The lowest BCUT2D eigenvalue weighted by molar-refractivity contribution is -0.146. The number of carbonyl (C=O) groups excluding carboxylic acids is 2. The molecule has 0 heterocycles. The van der Waals surface area contributed by atoms with E-state index < -0.39 is 5.97 Å². The molecule has 0 saturated heterocycles. The summed E-state index contributed by atoms with van der Waals surface area (Å²) >= 11 is 12.0. The molecular formula is C15H17Cl2NO3. The lowest BCUT2D eigenvalue weighted by atomic mass is 10.2. The van der Waals surface area contributed by atoms with Crippen LogP contribution in [-0.2, 0) is 14.3 Å². The predicted octanol–water partition coefficient (Wildman–Crippen LogP) is 3.42. The minimum atomic E-state index is -0.466. The smallest absolute Gasteiger partial charge is 0.325 e. The number of rotatable bonds is 5. The van der Waals surface area contributed by atoms with Gasteiger partial charge in [0.15, 0.2) is 0 Å². The highest BCUT2D eigenvalue weighted by Gasteiger charge is 2.18. The van der Waals surface area contributed by atoms with Gasteiger partial charge in [0.25, 0.3) is 0 Å². The number of esters is 1. The largest absolute Gasteiger partial charge is 0.468 e. The van der Waals surface area contributed by atoms with Gasteiger partial charge in [-0.05, 0) is 31.6 Å². The third kappa shape index (κ3) is 5.06. The molecule has 0 unspecified atom stereocenters. The topological polar surface area (TPSA) is 46.6 Å². The van der Waals surface area contributed by atoms with Crippen LogP contribution in [0.2, 0.25) is 10.0 Å². The molecule has 0 spiro atoms. The van der Waals surface area contributed by atoms with Crippen LogP contribution in [0.15, 0.2) is 24.3 Å². The summed E-state index contributed by atoms with van der Waals surface area (Å²) in [6.45, 7) is 3.54. The van der Waals surface area contributed by atoms with Gasteiger partial charge in [-0.3, -0.25) is 9.59 Å². The van der Waals surface area contributed by atoms with Gasteiger partial charge in [-0.1, -0.05) is 35.3 Å². The van der Waals surface area contributed by atoms with Crippen LogP contribution in [0, 0.1) is 0 Å². The SMILES string of the molecule is COC(=O)CN(C(=O)/C=C/c1cccc(Cl)c1Cl)C(C)C. The summed E-state index contributed by atoms with van der Waals surface area (Å²) in [4.78, 5) is 24.9. The summed E-state index contributed by atoms with van der Waals surface area (Å²) in [7, 11) is 1.28. The molecule has 1 rings (SSSR count). The standard InChI is InChI=1S/C15H17Cl2NO3/c1-10(2)18(9-14(20)21-3)13(19)8-7-11-5-4-6-12(16)15(11)17/h4-8,10H,9H2,1-3H3/b8-7+. The van der Waals surface area contributed by atoms with E-state index >= 15 is 0 Å². The van der Waals surface area contributed by atoms with Gasteiger partial charge in [0.05, 0.1) is 17.2 Å². The number of hydrogen-bond donors (Lipinski definition) is 0. The Hall–Kier alpha value is -1.52. The van der Waals surface area contributed by atoms with E-state index in [1.807, 2.05) is 13.8 Å². The van der Waals surface area contributed by atoms with E-state index in [1.165, 1.54) is 18.1 Å². The minimum absolute atomic E-state index is 0.0966. The summed E-state index contributed by atoms with van der Waals surface area (Å²) in [6.07, 6.45) is 2.93. The van der Waals surface area contributed by atoms with Gasteiger partial charge in [-0.15, -0.1) is 0 Å². The number of halogens is 2. The number of amides is 1. The third-order valence-corrected chi connectivity index (χ3v) is 3.65. The highest BCUT2D eigenvalue weighted by atomic mass is 35.5. The summed E-state index contributed by atoms with van der Waals surface area (Å²) in [5.41, 5.74) is 0.638. The summed E-state index contributed by atoms with van der Waals surface area (Å²) < 4.78 is 4.58. The fourth-order valence-electron chi connectivity index (χ4n) is 1.62. The molecule has 0 aliphatic rings. The van der Waals surface area contributed by atoms with E-state index in [9.17, 15) is 9.59 Å². The van der Waals surface area contributed by atoms with Gasteiger partial charge in [0, 0.05) is 12.1 Å². The van der Waals surface area contributed by atoms with Crippen molar-refractivity contribution in [2.24, 2.45) is 0 Å². The van der Waals surface area contributed by atoms with Crippen LogP contribution in [0.5, 0.6) is 0 Å². The third-order valence-electron chi connectivity index (χ3n) is 2.82. The second kappa shape index (κ2) is 8.05. The van der Waals surface area contributed by atoms with E-state index in [2.05, 4.69) is 4.74 Å². The molecule has 1 amide bonds. The predicted molar refractivity (Wildman–Crippen MR) is 84.4 cm³/mol. The first-order valence-electron chi connectivity index (χ1n) is 6.36. The van der Waals surface area contributed by atoms with Crippen LogP contribution in [0.1, 0.15) is 19.4 Å². The zero-order valence-electron chi connectivity index (χ0n) is 12.1. The van der Waals surface area contributed by atoms with Crippen LogP contribution < -0.4 is 0 Å².